The van der Waals surface area contributed by atoms with E-state index in [9.17, 15) is 28.0 Å². The predicted octanol–water partition coefficient (Wildman–Crippen LogP) is 2.84. The Morgan fingerprint density at radius 2 is 1.65 bits per heavy atom. The molecule has 34 heavy (non-hydrogen) atoms. The smallest absolute Gasteiger partial charge is 0.325 e. The largest absolute Gasteiger partial charge is 0.457 e. The van der Waals surface area contributed by atoms with Gasteiger partial charge >= 0.3 is 6.03 Å². The second-order valence-corrected chi connectivity index (χ2v) is 10.7. The molecule has 2 N–H and O–H groups in total. The SMILES string of the molecule is CC1(C)NC(=O)N(CC(=O)N(O)CCCS(=O)(=O)c2ccc(Oc3ccc(Cl)cc3)cc2)C1=O. The molecular formula is C22H24ClN3O7S. The number of hydrogen-bond donors (Lipinski definition) is 2. The van der Waals surface area contributed by atoms with Crippen molar-refractivity contribution in [2.45, 2.75) is 30.7 Å². The Morgan fingerprint density at radius 3 is 2.18 bits per heavy atom. The van der Waals surface area contributed by atoms with E-state index >= 15 is 0 Å². The minimum Gasteiger partial charge on any atom is -0.457 e. The van der Waals surface area contributed by atoms with Crippen molar-refractivity contribution in [2.24, 2.45) is 0 Å². The number of imide groups is 1. The van der Waals surface area contributed by atoms with Crippen molar-refractivity contribution < 1.29 is 32.7 Å². The predicted molar refractivity (Wildman–Crippen MR) is 122 cm³/mol. The Hall–Kier alpha value is -3.15. The standard InChI is InChI=1S/C22H24ClN3O7S/c1-22(2)20(28)25(21(29)24-22)14-19(27)26(30)12-3-13-34(31,32)18-10-8-17(9-11-18)33-16-6-4-15(23)5-7-16/h4-11,30H,3,12-14H2,1-2H3,(H,24,29). The summed E-state index contributed by atoms with van der Waals surface area (Å²) in [5.41, 5.74) is -1.14. The molecule has 1 aliphatic heterocycles. The molecule has 3 rings (SSSR count). The topological polar surface area (TPSA) is 133 Å². The molecule has 2 aromatic carbocycles. The van der Waals surface area contributed by atoms with Crippen molar-refractivity contribution in [2.75, 3.05) is 18.8 Å². The Kier molecular flexibility index (Phi) is 7.49. The van der Waals surface area contributed by atoms with Crippen molar-refractivity contribution in [3.8, 4) is 11.5 Å². The number of carbonyl (C=O) groups is 3. The van der Waals surface area contributed by atoms with E-state index in [0.29, 0.717) is 26.5 Å². The van der Waals surface area contributed by atoms with Gasteiger partial charge in [-0.3, -0.25) is 19.7 Å². The summed E-state index contributed by atoms with van der Waals surface area (Å²) in [5, 5.41) is 13.2. The normalized spacial score (nSPS) is 15.2. The number of urea groups is 1. The summed E-state index contributed by atoms with van der Waals surface area (Å²) in [6.45, 7) is 2.06. The highest BCUT2D eigenvalue weighted by Crippen LogP contribution is 2.25. The van der Waals surface area contributed by atoms with Crippen LogP contribution in [0.5, 0.6) is 11.5 Å². The van der Waals surface area contributed by atoms with Crippen molar-refractivity contribution in [3.63, 3.8) is 0 Å². The van der Waals surface area contributed by atoms with Crippen LogP contribution in [0.15, 0.2) is 53.4 Å². The molecule has 0 saturated carbocycles. The summed E-state index contributed by atoms with van der Waals surface area (Å²) in [7, 11) is -3.68. The van der Waals surface area contributed by atoms with Crippen molar-refractivity contribution in [1.82, 2.24) is 15.3 Å². The molecule has 0 unspecified atom stereocenters. The molecule has 1 heterocycles. The molecule has 0 spiro atoms. The summed E-state index contributed by atoms with van der Waals surface area (Å²) < 4.78 is 30.8. The lowest BCUT2D eigenvalue weighted by Gasteiger charge is -2.19. The fourth-order valence-electron chi connectivity index (χ4n) is 3.18. The lowest BCUT2D eigenvalue weighted by Crippen LogP contribution is -2.44. The number of rotatable bonds is 9. The van der Waals surface area contributed by atoms with Gasteiger partial charge in [0.1, 0.15) is 23.6 Å². The summed E-state index contributed by atoms with van der Waals surface area (Å²) in [6, 6.07) is 11.8. The van der Waals surface area contributed by atoms with Crippen LogP contribution < -0.4 is 10.1 Å². The van der Waals surface area contributed by atoms with Crippen LogP contribution in [-0.2, 0) is 19.4 Å². The van der Waals surface area contributed by atoms with E-state index in [0.717, 1.165) is 0 Å². The number of ether oxygens (including phenoxy) is 1. The summed E-state index contributed by atoms with van der Waals surface area (Å²) >= 11 is 5.83. The molecule has 1 aliphatic rings. The fourth-order valence-corrected chi connectivity index (χ4v) is 4.60. The molecule has 12 heteroatoms. The number of nitrogens with zero attached hydrogens (tertiary/aromatic N) is 2. The van der Waals surface area contributed by atoms with Crippen LogP contribution in [0.2, 0.25) is 5.02 Å². The maximum Gasteiger partial charge on any atom is 0.325 e. The highest BCUT2D eigenvalue weighted by molar-refractivity contribution is 7.91. The van der Waals surface area contributed by atoms with E-state index in [1.807, 2.05) is 0 Å². The van der Waals surface area contributed by atoms with E-state index < -0.39 is 39.8 Å². The van der Waals surface area contributed by atoms with Crippen molar-refractivity contribution in [3.05, 3.63) is 53.6 Å². The average Bonchev–Trinajstić information content (AvgIpc) is 2.97. The minimum atomic E-state index is -3.68. The van der Waals surface area contributed by atoms with E-state index in [4.69, 9.17) is 16.3 Å². The molecular weight excluding hydrogens is 486 g/mol. The number of hydrogen-bond acceptors (Lipinski definition) is 7. The van der Waals surface area contributed by atoms with Crippen LogP contribution in [0.25, 0.3) is 0 Å². The molecule has 0 aromatic heterocycles. The Labute approximate surface area is 201 Å². The monoisotopic (exact) mass is 509 g/mol. The third-order valence-corrected chi connectivity index (χ3v) is 7.11. The average molecular weight is 510 g/mol. The van der Waals surface area contributed by atoms with Crippen LogP contribution in [-0.4, -0.2) is 65.8 Å². The first kappa shape index (κ1) is 25.5. The van der Waals surface area contributed by atoms with E-state index in [1.165, 1.54) is 38.1 Å². The summed E-state index contributed by atoms with van der Waals surface area (Å²) in [4.78, 5) is 36.9. The maximum absolute atomic E-state index is 12.6. The lowest BCUT2D eigenvalue weighted by atomic mass is 10.1. The maximum atomic E-state index is 12.6. The van der Waals surface area contributed by atoms with Gasteiger partial charge in [-0.15, -0.1) is 0 Å². The molecule has 10 nitrogen and oxygen atoms in total. The van der Waals surface area contributed by atoms with Gasteiger partial charge in [0.05, 0.1) is 10.6 Å². The van der Waals surface area contributed by atoms with Crippen LogP contribution in [0.1, 0.15) is 20.3 Å². The molecule has 2 aromatic rings. The molecule has 0 atom stereocenters. The second kappa shape index (κ2) is 10.00. The molecule has 1 fully saturated rings. The van der Waals surface area contributed by atoms with Gasteiger partial charge in [-0.25, -0.2) is 18.3 Å². The zero-order valence-corrected chi connectivity index (χ0v) is 20.1. The molecule has 0 aliphatic carbocycles. The van der Waals surface area contributed by atoms with Gasteiger partial charge in [-0.1, -0.05) is 11.6 Å². The van der Waals surface area contributed by atoms with Crippen LogP contribution in [0, 0.1) is 0 Å². The second-order valence-electron chi connectivity index (χ2n) is 8.16. The zero-order valence-electron chi connectivity index (χ0n) is 18.5. The van der Waals surface area contributed by atoms with Gasteiger partial charge in [0.2, 0.25) is 0 Å². The first-order valence-electron chi connectivity index (χ1n) is 10.3. The minimum absolute atomic E-state index is 0.0563. The lowest BCUT2D eigenvalue weighted by molar-refractivity contribution is -0.166. The fraction of sp³-hybridized carbons (Fsp3) is 0.318. The summed E-state index contributed by atoms with van der Waals surface area (Å²) in [5.74, 6) is -0.834. The number of sulfone groups is 1. The number of nitrogens with one attached hydrogen (secondary N) is 1. The molecule has 1 saturated heterocycles. The van der Waals surface area contributed by atoms with E-state index in [1.54, 1.807) is 24.3 Å². The highest BCUT2D eigenvalue weighted by atomic mass is 35.5. The van der Waals surface area contributed by atoms with Gasteiger partial charge in [0.15, 0.2) is 9.84 Å². The van der Waals surface area contributed by atoms with Gasteiger partial charge in [0, 0.05) is 11.6 Å². The quantitative estimate of drug-likeness (QED) is 0.301. The molecule has 182 valence electrons. The zero-order chi connectivity index (χ0) is 25.1. The Bertz CT molecular complexity index is 1180. The van der Waals surface area contributed by atoms with Gasteiger partial charge in [-0.2, -0.15) is 0 Å². The van der Waals surface area contributed by atoms with Crippen LogP contribution >= 0.6 is 11.6 Å². The van der Waals surface area contributed by atoms with E-state index in [-0.39, 0.29) is 23.6 Å². The summed E-state index contributed by atoms with van der Waals surface area (Å²) in [6.07, 6.45) is -0.0563. The van der Waals surface area contributed by atoms with Crippen molar-refractivity contribution >= 4 is 39.3 Å². The van der Waals surface area contributed by atoms with Gasteiger partial charge in [0.25, 0.3) is 11.8 Å². The number of halogens is 1. The molecule has 0 bridgehead atoms. The Balaban J connectivity index is 1.50. The number of amides is 4. The van der Waals surface area contributed by atoms with Gasteiger partial charge in [-0.05, 0) is 68.8 Å². The molecule has 0 radical (unpaired) electrons. The Morgan fingerprint density at radius 1 is 1.09 bits per heavy atom. The first-order valence-corrected chi connectivity index (χ1v) is 12.3. The third-order valence-electron chi connectivity index (χ3n) is 5.04. The van der Waals surface area contributed by atoms with Crippen LogP contribution in [0.4, 0.5) is 4.79 Å². The highest BCUT2D eigenvalue weighted by Gasteiger charge is 2.45. The van der Waals surface area contributed by atoms with E-state index in [2.05, 4.69) is 5.32 Å². The molecule has 4 amide bonds. The third kappa shape index (κ3) is 6.04. The van der Waals surface area contributed by atoms with Crippen LogP contribution in [0.3, 0.4) is 0 Å². The van der Waals surface area contributed by atoms with Crippen molar-refractivity contribution in [1.29, 1.82) is 0 Å². The number of benzene rings is 2. The van der Waals surface area contributed by atoms with Gasteiger partial charge < -0.3 is 10.1 Å². The number of carbonyl (C=O) groups excluding carboxylic acids is 3. The number of hydroxylamine groups is 2. The first-order chi connectivity index (χ1) is 15.9.